The summed E-state index contributed by atoms with van der Waals surface area (Å²) in [4.78, 5) is 28.5. The Labute approximate surface area is 192 Å². The van der Waals surface area contributed by atoms with Gasteiger partial charge < -0.3 is 20.5 Å². The lowest BCUT2D eigenvalue weighted by atomic mass is 10.1. The Hall–Kier alpha value is -2.79. The van der Waals surface area contributed by atoms with Gasteiger partial charge in [-0.05, 0) is 50.3 Å². The molecule has 33 heavy (non-hydrogen) atoms. The normalized spacial score (nSPS) is 23.5. The zero-order chi connectivity index (χ0) is 23.0. The molecule has 1 saturated carbocycles. The fourth-order valence-electron chi connectivity index (χ4n) is 4.40. The lowest BCUT2D eigenvalue weighted by molar-refractivity contribution is -0.210. The highest BCUT2D eigenvalue weighted by Crippen LogP contribution is 2.52. The highest BCUT2D eigenvalue weighted by Gasteiger charge is 2.56. The molecule has 1 amide bonds. The van der Waals surface area contributed by atoms with E-state index < -0.39 is 6.04 Å². The van der Waals surface area contributed by atoms with Gasteiger partial charge in [-0.25, -0.2) is 9.97 Å². The molecule has 1 aliphatic carbocycles. The van der Waals surface area contributed by atoms with Crippen molar-refractivity contribution in [1.29, 1.82) is 0 Å². The van der Waals surface area contributed by atoms with Gasteiger partial charge in [0.2, 0.25) is 0 Å². The number of rotatable bonds is 8. The maximum atomic E-state index is 13.6. The highest BCUT2D eigenvalue weighted by molar-refractivity contribution is 5.98. The van der Waals surface area contributed by atoms with E-state index in [9.17, 15) is 4.79 Å². The number of carbonyl (C=O) groups excluding carboxylic acids is 1. The van der Waals surface area contributed by atoms with Gasteiger partial charge >= 0.3 is 0 Å². The van der Waals surface area contributed by atoms with Crippen molar-refractivity contribution in [2.45, 2.75) is 56.9 Å². The molecule has 5 rings (SSSR count). The molecule has 1 unspecified atom stereocenters. The van der Waals surface area contributed by atoms with Crippen molar-refractivity contribution in [3.8, 4) is 0 Å². The van der Waals surface area contributed by atoms with Gasteiger partial charge in [0.1, 0.15) is 12.1 Å². The first-order chi connectivity index (χ1) is 16.0. The van der Waals surface area contributed by atoms with Gasteiger partial charge in [-0.3, -0.25) is 14.6 Å². The summed E-state index contributed by atoms with van der Waals surface area (Å²) in [5, 5.41) is 6.61. The number of methoxy groups -OCH3 is 1. The first-order valence-electron chi connectivity index (χ1n) is 11.3. The van der Waals surface area contributed by atoms with Crippen LogP contribution in [0.15, 0.2) is 30.6 Å². The summed E-state index contributed by atoms with van der Waals surface area (Å²) in [6, 6.07) is 6.72. The number of amides is 1. The predicted molar refractivity (Wildman–Crippen MR) is 122 cm³/mol. The molecule has 3 heterocycles. The summed E-state index contributed by atoms with van der Waals surface area (Å²) in [7, 11) is 1.65. The number of hydrogen-bond acceptors (Lipinski definition) is 9. The molecule has 1 saturated heterocycles. The zero-order valence-electron chi connectivity index (χ0n) is 19.0. The van der Waals surface area contributed by atoms with E-state index in [1.54, 1.807) is 12.3 Å². The molecular weight excluding hydrogens is 424 g/mol. The predicted octanol–water partition coefficient (Wildman–Crippen LogP) is 2.59. The van der Waals surface area contributed by atoms with Crippen molar-refractivity contribution < 1.29 is 19.1 Å². The molecule has 10 nitrogen and oxygen atoms in total. The summed E-state index contributed by atoms with van der Waals surface area (Å²) >= 11 is 0. The summed E-state index contributed by atoms with van der Waals surface area (Å²) in [5.41, 5.74) is 8.34. The van der Waals surface area contributed by atoms with Crippen LogP contribution in [0.5, 0.6) is 0 Å². The van der Waals surface area contributed by atoms with Crippen molar-refractivity contribution in [2.24, 2.45) is 0 Å². The maximum Gasteiger partial charge on any atom is 0.251 e. The van der Waals surface area contributed by atoms with Gasteiger partial charge in [0.25, 0.3) is 5.91 Å². The number of carbonyl (C=O) groups is 1. The Morgan fingerprint density at radius 3 is 2.76 bits per heavy atom. The third kappa shape index (κ3) is 4.26. The first kappa shape index (κ1) is 22.0. The lowest BCUT2D eigenvalue weighted by Crippen LogP contribution is -2.50. The molecule has 3 N–H and O–H groups in total. The number of ether oxygens (including phenoxy) is 2. The van der Waals surface area contributed by atoms with Gasteiger partial charge in [-0.1, -0.05) is 17.3 Å². The van der Waals surface area contributed by atoms with E-state index in [1.807, 2.05) is 29.3 Å². The van der Waals surface area contributed by atoms with Crippen molar-refractivity contribution in [2.75, 3.05) is 36.4 Å². The molecule has 1 aromatic heterocycles. The second kappa shape index (κ2) is 8.86. The number of nitrogens with two attached hydrogens (primary N) is 1. The van der Waals surface area contributed by atoms with Gasteiger partial charge in [-0.2, -0.15) is 0 Å². The molecule has 1 aromatic carbocycles. The monoisotopic (exact) mass is 454 g/mol. The van der Waals surface area contributed by atoms with E-state index in [1.165, 1.54) is 6.33 Å². The smallest absolute Gasteiger partial charge is 0.251 e. The van der Waals surface area contributed by atoms with Crippen LogP contribution in [0.25, 0.3) is 0 Å². The maximum absolute atomic E-state index is 13.6. The zero-order valence-corrected chi connectivity index (χ0v) is 19.0. The van der Waals surface area contributed by atoms with Crippen LogP contribution in [0.2, 0.25) is 0 Å². The number of benzene rings is 1. The summed E-state index contributed by atoms with van der Waals surface area (Å²) in [6.45, 7) is 3.73. The summed E-state index contributed by atoms with van der Waals surface area (Å²) < 4.78 is 10.9. The summed E-state index contributed by atoms with van der Waals surface area (Å²) in [6.07, 6.45) is 5.31. The third-order valence-electron chi connectivity index (χ3n) is 6.47. The molecule has 3 aliphatic rings. The molecule has 10 heteroatoms. The SMILES string of the molecule is COCc1ccc(NC(=O)C2c3c(N)ncnc3N(C3(C)CC3)N2OC[C@@H]2CCCO2)cc1. The van der Waals surface area contributed by atoms with Crippen molar-refractivity contribution >= 4 is 23.2 Å². The van der Waals surface area contributed by atoms with Crippen molar-refractivity contribution in [1.82, 2.24) is 15.1 Å². The van der Waals surface area contributed by atoms with Gasteiger partial charge in [0.15, 0.2) is 11.9 Å². The van der Waals surface area contributed by atoms with Crippen LogP contribution >= 0.6 is 0 Å². The van der Waals surface area contributed by atoms with E-state index in [2.05, 4.69) is 22.2 Å². The molecule has 2 atom stereocenters. The van der Waals surface area contributed by atoms with Crippen molar-refractivity contribution in [3.63, 3.8) is 0 Å². The van der Waals surface area contributed by atoms with Crippen LogP contribution in [0.4, 0.5) is 17.3 Å². The Morgan fingerprint density at radius 1 is 1.30 bits per heavy atom. The van der Waals surface area contributed by atoms with E-state index >= 15 is 0 Å². The number of fused-ring (bicyclic) bond motifs is 1. The Morgan fingerprint density at radius 2 is 2.09 bits per heavy atom. The molecule has 0 bridgehead atoms. The average Bonchev–Trinajstić information content (AvgIpc) is 3.21. The van der Waals surface area contributed by atoms with Gasteiger partial charge in [0, 0.05) is 19.4 Å². The third-order valence-corrected chi connectivity index (χ3v) is 6.47. The minimum absolute atomic E-state index is 0.00282. The molecule has 0 spiro atoms. The van der Waals surface area contributed by atoms with E-state index in [0.717, 1.165) is 37.9 Å². The molecule has 176 valence electrons. The van der Waals surface area contributed by atoms with Crippen LogP contribution in [-0.2, 0) is 25.7 Å². The van der Waals surface area contributed by atoms with E-state index in [4.69, 9.17) is 20.0 Å². The fraction of sp³-hybridized carbons (Fsp3) is 0.522. The molecule has 2 fully saturated rings. The number of hydroxylamine groups is 1. The minimum atomic E-state index is -0.821. The van der Waals surface area contributed by atoms with Crippen molar-refractivity contribution in [3.05, 3.63) is 41.7 Å². The van der Waals surface area contributed by atoms with Gasteiger partial charge in [-0.15, -0.1) is 0 Å². The second-order valence-corrected chi connectivity index (χ2v) is 9.06. The van der Waals surface area contributed by atoms with Crippen LogP contribution in [-0.4, -0.2) is 53.0 Å². The Bertz CT molecular complexity index is 1010. The van der Waals surface area contributed by atoms with E-state index in [0.29, 0.717) is 30.3 Å². The number of hydrazine groups is 1. The number of nitrogens with one attached hydrogen (secondary N) is 1. The number of hydrogen-bond donors (Lipinski definition) is 2. The number of aromatic nitrogens is 2. The van der Waals surface area contributed by atoms with Crippen LogP contribution in [0.1, 0.15) is 49.8 Å². The lowest BCUT2D eigenvalue weighted by Gasteiger charge is -2.36. The first-order valence-corrected chi connectivity index (χ1v) is 11.3. The van der Waals surface area contributed by atoms with Crippen LogP contribution in [0.3, 0.4) is 0 Å². The topological polar surface area (TPSA) is 115 Å². The molecular formula is C23H30N6O4. The Kier molecular flexibility index (Phi) is 5.92. The fourth-order valence-corrected chi connectivity index (χ4v) is 4.40. The quantitative estimate of drug-likeness (QED) is 0.621. The molecule has 2 aromatic rings. The van der Waals surface area contributed by atoms with Gasteiger partial charge in [0.05, 0.1) is 30.4 Å². The average molecular weight is 455 g/mol. The molecule has 2 aliphatic heterocycles. The minimum Gasteiger partial charge on any atom is -0.383 e. The second-order valence-electron chi connectivity index (χ2n) is 9.06. The highest BCUT2D eigenvalue weighted by atomic mass is 16.7. The summed E-state index contributed by atoms with van der Waals surface area (Å²) in [5.74, 6) is 0.620. The number of nitrogens with zero attached hydrogens (tertiary/aromatic N) is 4. The largest absolute Gasteiger partial charge is 0.383 e. The Balaban J connectivity index is 1.44. The standard InChI is InChI=1S/C23H30N6O4/c1-23(9-10-23)28-21-18(20(24)25-14-26-21)19(29(28)33-13-17-4-3-11-32-17)22(30)27-16-7-5-15(6-8-16)12-31-2/h5-8,14,17,19H,3-4,9-13H2,1-2H3,(H,27,30)(H2,24,25,26)/t17-,19?/m0/s1. The number of anilines is 3. The van der Waals surface area contributed by atoms with Crippen LogP contribution in [0, 0.1) is 0 Å². The van der Waals surface area contributed by atoms with Crippen LogP contribution < -0.4 is 16.1 Å². The van der Waals surface area contributed by atoms with E-state index in [-0.39, 0.29) is 23.4 Å². The molecule has 0 radical (unpaired) electrons. The number of nitrogen functional groups attached to an aromatic ring is 1.